The predicted octanol–water partition coefficient (Wildman–Crippen LogP) is 3.64. The van der Waals surface area contributed by atoms with E-state index < -0.39 is 29.3 Å². The fourth-order valence-electron chi connectivity index (χ4n) is 2.01. The number of esters is 1. The molecule has 0 atom stereocenters. The fourth-order valence-corrected chi connectivity index (χ4v) is 2.01. The standard InChI is InChI=1S/C15H26O7/c1-10(11(16)19-15(7,8)20-12(17)18)21-22-14(5,6)9-13(2,3)4/h1,9H2,2-8H3,(H,17,18). The second-order valence-corrected chi connectivity index (χ2v) is 7.24. The molecule has 0 saturated carbocycles. The van der Waals surface area contributed by atoms with E-state index in [2.05, 4.69) is 11.3 Å². The van der Waals surface area contributed by atoms with Crippen LogP contribution >= 0.6 is 0 Å². The normalized spacial score (nSPS) is 12.5. The van der Waals surface area contributed by atoms with Crippen molar-refractivity contribution in [2.75, 3.05) is 0 Å². The van der Waals surface area contributed by atoms with E-state index in [0.717, 1.165) is 0 Å². The van der Waals surface area contributed by atoms with Crippen molar-refractivity contribution in [3.63, 3.8) is 0 Å². The van der Waals surface area contributed by atoms with E-state index in [4.69, 9.17) is 19.6 Å². The van der Waals surface area contributed by atoms with Crippen LogP contribution < -0.4 is 0 Å². The Bertz CT molecular complexity index is 430. The van der Waals surface area contributed by atoms with Gasteiger partial charge in [-0.2, -0.15) is 4.89 Å². The molecule has 0 unspecified atom stereocenters. The number of ether oxygens (including phenoxy) is 2. The summed E-state index contributed by atoms with van der Waals surface area (Å²) in [5.74, 6) is -3.03. The third-order valence-electron chi connectivity index (χ3n) is 2.22. The summed E-state index contributed by atoms with van der Waals surface area (Å²) in [7, 11) is 0. The van der Waals surface area contributed by atoms with E-state index in [1.807, 2.05) is 34.6 Å². The molecule has 0 rings (SSSR count). The zero-order valence-corrected chi connectivity index (χ0v) is 14.3. The van der Waals surface area contributed by atoms with E-state index >= 15 is 0 Å². The molecule has 0 saturated heterocycles. The van der Waals surface area contributed by atoms with Crippen molar-refractivity contribution in [3.8, 4) is 0 Å². The van der Waals surface area contributed by atoms with Crippen molar-refractivity contribution >= 4 is 12.1 Å². The summed E-state index contributed by atoms with van der Waals surface area (Å²) >= 11 is 0. The van der Waals surface area contributed by atoms with Gasteiger partial charge in [-0.25, -0.2) is 9.59 Å². The van der Waals surface area contributed by atoms with Crippen LogP contribution in [-0.2, 0) is 24.0 Å². The van der Waals surface area contributed by atoms with Gasteiger partial charge in [0, 0.05) is 13.8 Å². The molecule has 0 spiro atoms. The Hall–Kier alpha value is -1.76. The van der Waals surface area contributed by atoms with Crippen molar-refractivity contribution in [2.45, 2.75) is 66.3 Å². The highest BCUT2D eigenvalue weighted by molar-refractivity contribution is 5.85. The second-order valence-electron chi connectivity index (χ2n) is 7.24. The maximum atomic E-state index is 11.7. The first-order chi connectivity index (χ1) is 9.64. The molecule has 0 aromatic rings. The van der Waals surface area contributed by atoms with Crippen LogP contribution in [0.5, 0.6) is 0 Å². The van der Waals surface area contributed by atoms with Crippen molar-refractivity contribution in [1.29, 1.82) is 0 Å². The predicted molar refractivity (Wildman–Crippen MR) is 78.7 cm³/mol. The molecule has 0 aromatic heterocycles. The molecular weight excluding hydrogens is 292 g/mol. The summed E-state index contributed by atoms with van der Waals surface area (Å²) < 4.78 is 9.24. The first-order valence-corrected chi connectivity index (χ1v) is 6.83. The maximum Gasteiger partial charge on any atom is 0.509 e. The molecule has 0 radical (unpaired) electrons. The van der Waals surface area contributed by atoms with Gasteiger partial charge in [0.15, 0.2) is 0 Å². The maximum absolute atomic E-state index is 11.7. The first kappa shape index (κ1) is 20.2. The highest BCUT2D eigenvalue weighted by Gasteiger charge is 2.32. The lowest BCUT2D eigenvalue weighted by atomic mass is 9.84. The van der Waals surface area contributed by atoms with E-state index in [0.29, 0.717) is 6.42 Å². The number of carboxylic acid groups (broad SMARTS) is 1. The molecule has 0 aromatic carbocycles. The number of hydrogen-bond acceptors (Lipinski definition) is 6. The zero-order chi connectivity index (χ0) is 17.8. The van der Waals surface area contributed by atoms with Crippen LogP contribution in [0.25, 0.3) is 0 Å². The molecule has 0 aliphatic heterocycles. The molecule has 0 bridgehead atoms. The Labute approximate surface area is 131 Å². The Morgan fingerprint density at radius 2 is 1.50 bits per heavy atom. The lowest BCUT2D eigenvalue weighted by molar-refractivity contribution is -0.332. The van der Waals surface area contributed by atoms with Crippen LogP contribution in [0.4, 0.5) is 4.79 Å². The van der Waals surface area contributed by atoms with Gasteiger partial charge in [-0.1, -0.05) is 20.8 Å². The smallest absolute Gasteiger partial charge is 0.450 e. The molecule has 0 fully saturated rings. The molecule has 0 aliphatic carbocycles. The summed E-state index contributed by atoms with van der Waals surface area (Å²) in [6, 6.07) is 0. The minimum absolute atomic E-state index is 0.00597. The Morgan fingerprint density at radius 3 is 1.91 bits per heavy atom. The Morgan fingerprint density at radius 1 is 1.00 bits per heavy atom. The molecule has 0 heterocycles. The molecule has 0 amide bonds. The average molecular weight is 318 g/mol. The molecule has 7 heteroatoms. The molecule has 0 aliphatic rings. The molecular formula is C15H26O7. The van der Waals surface area contributed by atoms with E-state index in [1.54, 1.807) is 0 Å². The van der Waals surface area contributed by atoms with Gasteiger partial charge < -0.3 is 19.5 Å². The monoisotopic (exact) mass is 318 g/mol. The highest BCUT2D eigenvalue weighted by atomic mass is 17.2. The Balaban J connectivity index is 4.49. The molecule has 128 valence electrons. The average Bonchev–Trinajstić information content (AvgIpc) is 2.19. The van der Waals surface area contributed by atoms with Gasteiger partial charge in [0.1, 0.15) is 5.60 Å². The minimum Gasteiger partial charge on any atom is -0.450 e. The van der Waals surface area contributed by atoms with Gasteiger partial charge in [-0.15, -0.1) is 0 Å². The van der Waals surface area contributed by atoms with E-state index in [1.165, 1.54) is 13.8 Å². The van der Waals surface area contributed by atoms with E-state index in [9.17, 15) is 9.59 Å². The SMILES string of the molecule is C=C(OOC(C)(C)CC(C)(C)C)C(=O)OC(C)(C)OC(=O)O. The molecule has 22 heavy (non-hydrogen) atoms. The molecule has 1 N–H and O–H groups in total. The van der Waals surface area contributed by atoms with Crippen LogP contribution in [0.2, 0.25) is 0 Å². The third-order valence-corrected chi connectivity index (χ3v) is 2.22. The fraction of sp³-hybridized carbons (Fsp3) is 0.733. The van der Waals surface area contributed by atoms with Crippen LogP contribution in [0, 0.1) is 5.41 Å². The summed E-state index contributed by atoms with van der Waals surface area (Å²) in [5.41, 5.74) is -0.638. The van der Waals surface area contributed by atoms with Crippen molar-refractivity contribution < 1.29 is 33.9 Å². The number of carbonyl (C=O) groups excluding carboxylic acids is 1. The van der Waals surface area contributed by atoms with Crippen LogP contribution in [0.3, 0.4) is 0 Å². The summed E-state index contributed by atoms with van der Waals surface area (Å²) in [5, 5.41) is 8.53. The molecule has 7 nitrogen and oxygen atoms in total. The van der Waals surface area contributed by atoms with Crippen molar-refractivity contribution in [3.05, 3.63) is 12.3 Å². The van der Waals surface area contributed by atoms with Crippen LogP contribution in [0.1, 0.15) is 54.9 Å². The Kier molecular flexibility index (Phi) is 6.44. The second kappa shape index (κ2) is 7.00. The summed E-state index contributed by atoms with van der Waals surface area (Å²) in [6.45, 7) is 15.7. The summed E-state index contributed by atoms with van der Waals surface area (Å²) in [6.07, 6.45) is -0.887. The van der Waals surface area contributed by atoms with Gasteiger partial charge in [-0.05, 0) is 32.3 Å². The minimum atomic E-state index is -1.66. The van der Waals surface area contributed by atoms with Crippen LogP contribution in [-0.4, -0.2) is 28.6 Å². The summed E-state index contributed by atoms with van der Waals surface area (Å²) in [4.78, 5) is 32.3. The van der Waals surface area contributed by atoms with Gasteiger partial charge in [-0.3, -0.25) is 0 Å². The first-order valence-electron chi connectivity index (χ1n) is 6.83. The van der Waals surface area contributed by atoms with Gasteiger partial charge in [0.2, 0.25) is 5.76 Å². The number of rotatable bonds is 7. The van der Waals surface area contributed by atoms with Gasteiger partial charge >= 0.3 is 12.1 Å². The van der Waals surface area contributed by atoms with E-state index in [-0.39, 0.29) is 5.41 Å². The largest absolute Gasteiger partial charge is 0.509 e. The number of hydrogen-bond donors (Lipinski definition) is 1. The van der Waals surface area contributed by atoms with Gasteiger partial charge in [0.25, 0.3) is 5.79 Å². The topological polar surface area (TPSA) is 91.3 Å². The van der Waals surface area contributed by atoms with Crippen molar-refractivity contribution in [2.24, 2.45) is 5.41 Å². The van der Waals surface area contributed by atoms with Crippen LogP contribution in [0.15, 0.2) is 12.3 Å². The lowest BCUT2D eigenvalue weighted by Gasteiger charge is -2.31. The third kappa shape index (κ3) is 9.23. The quantitative estimate of drug-likeness (QED) is 0.191. The lowest BCUT2D eigenvalue weighted by Crippen LogP contribution is -2.35. The zero-order valence-electron chi connectivity index (χ0n) is 14.3. The number of carbonyl (C=O) groups is 2. The van der Waals surface area contributed by atoms with Gasteiger partial charge in [0.05, 0.1) is 0 Å². The van der Waals surface area contributed by atoms with Crippen molar-refractivity contribution in [1.82, 2.24) is 0 Å². The highest BCUT2D eigenvalue weighted by Crippen LogP contribution is 2.30.